The predicted molar refractivity (Wildman–Crippen MR) is 206 cm³/mol. The molecule has 0 aliphatic heterocycles. The molecule has 4 aromatic heterocycles. The number of amides is 2. The molecule has 0 saturated heterocycles. The van der Waals surface area contributed by atoms with E-state index in [1.54, 1.807) is 94.9 Å². The van der Waals surface area contributed by atoms with Crippen molar-refractivity contribution in [3.8, 4) is 39.5 Å². The van der Waals surface area contributed by atoms with E-state index in [-0.39, 0.29) is 35.2 Å². The highest BCUT2D eigenvalue weighted by molar-refractivity contribution is 6.30. The summed E-state index contributed by atoms with van der Waals surface area (Å²) in [5.74, 6) is 0.102. The first kappa shape index (κ1) is 40.8. The van der Waals surface area contributed by atoms with Crippen molar-refractivity contribution in [3.63, 3.8) is 0 Å². The number of aromatic nitrogens is 4. The number of phenolic OH excluding ortho intramolecular Hbond substituents is 1. The van der Waals surface area contributed by atoms with E-state index in [2.05, 4.69) is 30.6 Å². The van der Waals surface area contributed by atoms with Gasteiger partial charge in [0.1, 0.15) is 40.0 Å². The Morgan fingerprint density at radius 3 is 1.58 bits per heavy atom. The minimum Gasteiger partial charge on any atom is -0.508 e. The Bertz CT molecular complexity index is 2200. The molecule has 4 heterocycles. The van der Waals surface area contributed by atoms with Gasteiger partial charge in [0, 0.05) is 50.0 Å². The van der Waals surface area contributed by atoms with E-state index >= 15 is 0 Å². The minimum atomic E-state index is -0.381. The first-order chi connectivity index (χ1) is 26.5. The Morgan fingerprint density at radius 1 is 0.636 bits per heavy atom. The molecule has 15 heteroatoms. The summed E-state index contributed by atoms with van der Waals surface area (Å²) < 4.78 is 15.6. The lowest BCUT2D eigenvalue weighted by Gasteiger charge is -2.07. The van der Waals surface area contributed by atoms with Gasteiger partial charge in [0.2, 0.25) is 0 Å². The number of carbonyl (C=O) groups excluding carboxylic acids is 4. The lowest BCUT2D eigenvalue weighted by atomic mass is 10.1. The van der Waals surface area contributed by atoms with Gasteiger partial charge in [0.05, 0.1) is 13.2 Å². The van der Waals surface area contributed by atoms with Crippen LogP contribution in [-0.4, -0.2) is 76.1 Å². The number of halogens is 1. The third-order valence-electron chi connectivity index (χ3n) is 7.35. The van der Waals surface area contributed by atoms with E-state index in [0.29, 0.717) is 46.8 Å². The van der Waals surface area contributed by atoms with Crippen LogP contribution in [0.15, 0.2) is 110 Å². The van der Waals surface area contributed by atoms with Gasteiger partial charge in [-0.2, -0.15) is 0 Å². The quantitative estimate of drug-likeness (QED) is 0.0900. The molecule has 2 aromatic carbocycles. The molecule has 14 nitrogen and oxygen atoms in total. The summed E-state index contributed by atoms with van der Waals surface area (Å²) >= 11 is 5.63. The zero-order valence-corrected chi connectivity index (χ0v) is 31.1. The number of aromatic hydroxyl groups is 1. The van der Waals surface area contributed by atoms with Crippen molar-refractivity contribution in [2.24, 2.45) is 0 Å². The molecule has 0 radical (unpaired) electrons. The molecule has 0 aliphatic rings. The molecule has 284 valence electrons. The number of hydrogen-bond acceptors (Lipinski definition) is 10. The average molecular weight is 767 g/mol. The second kappa shape index (κ2) is 20.3. The molecule has 2 amide bonds. The van der Waals surface area contributed by atoms with Crippen LogP contribution in [0.4, 0.5) is 0 Å². The van der Waals surface area contributed by atoms with Gasteiger partial charge in [-0.1, -0.05) is 35.9 Å². The molecule has 0 fully saturated rings. The first-order valence-corrected chi connectivity index (χ1v) is 17.2. The fraction of sp³-hybridized carbons (Fsp3) is 0.150. The SMILES string of the molecule is CCOC(=O)c1cc(-c2ccc(O)cc2)c[nH]1.CCOC(=O)c1cc(-c2ccc(Oc3ccnc(C(=O)NC)c3)cc2)c[nH]1.CNC(=O)c1cc(Cl)ccn1. The number of nitrogens with one attached hydrogen (secondary N) is 4. The van der Waals surface area contributed by atoms with Crippen LogP contribution in [-0.2, 0) is 9.47 Å². The van der Waals surface area contributed by atoms with Gasteiger partial charge >= 0.3 is 11.9 Å². The number of benzene rings is 2. The predicted octanol–water partition coefficient (Wildman–Crippen LogP) is 7.06. The van der Waals surface area contributed by atoms with Gasteiger partial charge in [0.15, 0.2) is 0 Å². The lowest BCUT2D eigenvalue weighted by Crippen LogP contribution is -2.18. The van der Waals surface area contributed by atoms with Crippen molar-refractivity contribution >= 4 is 35.4 Å². The third-order valence-corrected chi connectivity index (χ3v) is 7.59. The van der Waals surface area contributed by atoms with E-state index in [9.17, 15) is 24.3 Å². The molecule has 0 spiro atoms. The van der Waals surface area contributed by atoms with E-state index < -0.39 is 0 Å². The van der Waals surface area contributed by atoms with Crippen molar-refractivity contribution in [2.75, 3.05) is 27.3 Å². The van der Waals surface area contributed by atoms with Crippen LogP contribution < -0.4 is 15.4 Å². The topological polar surface area (TPSA) is 198 Å². The summed E-state index contributed by atoms with van der Waals surface area (Å²) in [6.45, 7) is 4.21. The van der Waals surface area contributed by atoms with Gasteiger partial charge in [0.25, 0.3) is 11.8 Å². The number of rotatable bonds is 10. The molecule has 0 atom stereocenters. The molecule has 55 heavy (non-hydrogen) atoms. The van der Waals surface area contributed by atoms with Crippen LogP contribution in [0, 0.1) is 0 Å². The fourth-order valence-corrected chi connectivity index (χ4v) is 4.82. The maximum Gasteiger partial charge on any atom is 0.354 e. The molecule has 0 bridgehead atoms. The molecule has 6 aromatic rings. The van der Waals surface area contributed by atoms with Crippen molar-refractivity contribution in [1.82, 2.24) is 30.6 Å². The molecule has 0 unspecified atom stereocenters. The number of hydrogen-bond donors (Lipinski definition) is 5. The normalized spacial score (nSPS) is 10.1. The molecule has 5 N–H and O–H groups in total. The minimum absolute atomic E-state index is 0.218. The summed E-state index contributed by atoms with van der Waals surface area (Å²) in [6, 6.07) is 24.0. The first-order valence-electron chi connectivity index (χ1n) is 16.9. The van der Waals surface area contributed by atoms with Gasteiger partial charge < -0.3 is 39.9 Å². The highest BCUT2D eigenvalue weighted by atomic mass is 35.5. The number of esters is 2. The number of ether oxygens (including phenoxy) is 3. The summed E-state index contributed by atoms with van der Waals surface area (Å²) in [6.07, 6.45) is 6.50. The van der Waals surface area contributed by atoms with E-state index in [1.165, 1.54) is 18.5 Å². The van der Waals surface area contributed by atoms with Crippen molar-refractivity contribution < 1.29 is 38.5 Å². The monoisotopic (exact) mass is 766 g/mol. The zero-order chi connectivity index (χ0) is 39.7. The Labute approximate surface area is 321 Å². The number of H-pyrrole nitrogens is 2. The summed E-state index contributed by atoms with van der Waals surface area (Å²) in [5.41, 5.74) is 5.05. The van der Waals surface area contributed by atoms with Crippen LogP contribution in [0.1, 0.15) is 55.8 Å². The third kappa shape index (κ3) is 12.1. The van der Waals surface area contributed by atoms with Crippen molar-refractivity contribution in [2.45, 2.75) is 13.8 Å². The standard InChI is InChI=1S/C20H19N3O4.C13H13NO3.C7H7ClN2O/c1-3-26-20(25)18-10-14(12-23-18)13-4-6-15(7-5-13)27-16-8-9-22-17(11-16)19(24)21-2;1-2-17-13(16)12-7-10(8-14-12)9-3-5-11(15)6-4-9;1-9-7(11)6-4-5(8)2-3-10-6/h4-12,23H,3H2,1-2H3,(H,21,24);3-8,14-15H,2H2,1H3;2-4H,1H3,(H,9,11). The Hall–Kier alpha value is -6.93. The lowest BCUT2D eigenvalue weighted by molar-refractivity contribution is 0.0511. The molecule has 0 saturated carbocycles. The average Bonchev–Trinajstić information content (AvgIpc) is 3.91. The second-order valence-electron chi connectivity index (χ2n) is 11.1. The number of phenols is 1. The van der Waals surface area contributed by atoms with Gasteiger partial charge in [-0.25, -0.2) is 9.59 Å². The Kier molecular flexibility index (Phi) is 15.1. The van der Waals surface area contributed by atoms with Crippen molar-refractivity contribution in [1.29, 1.82) is 0 Å². The molecular formula is C40H39ClN6O8. The second-order valence-corrected chi connectivity index (χ2v) is 11.5. The zero-order valence-electron chi connectivity index (χ0n) is 30.4. The van der Waals surface area contributed by atoms with E-state index in [1.807, 2.05) is 24.3 Å². The largest absolute Gasteiger partial charge is 0.508 e. The molecule has 6 rings (SSSR count). The van der Waals surface area contributed by atoms with Crippen LogP contribution in [0.25, 0.3) is 22.3 Å². The van der Waals surface area contributed by atoms with Crippen LogP contribution in [0.5, 0.6) is 17.2 Å². The molecular weight excluding hydrogens is 728 g/mol. The Balaban J connectivity index is 0.000000204. The number of aromatic amines is 2. The van der Waals surface area contributed by atoms with Crippen molar-refractivity contribution in [3.05, 3.63) is 138 Å². The van der Waals surface area contributed by atoms with E-state index in [0.717, 1.165) is 22.3 Å². The van der Waals surface area contributed by atoms with Crippen LogP contribution in [0.2, 0.25) is 5.02 Å². The number of pyridine rings is 2. The van der Waals surface area contributed by atoms with Gasteiger partial charge in [-0.3, -0.25) is 19.6 Å². The maximum absolute atomic E-state index is 11.7. The van der Waals surface area contributed by atoms with Gasteiger partial charge in [-0.05, 0) is 90.7 Å². The maximum atomic E-state index is 11.7. The van der Waals surface area contributed by atoms with Crippen LogP contribution >= 0.6 is 11.6 Å². The highest BCUT2D eigenvalue weighted by Crippen LogP contribution is 2.27. The van der Waals surface area contributed by atoms with Crippen LogP contribution in [0.3, 0.4) is 0 Å². The smallest absolute Gasteiger partial charge is 0.354 e. The number of carbonyl (C=O) groups is 4. The molecule has 0 aliphatic carbocycles. The van der Waals surface area contributed by atoms with Gasteiger partial charge in [-0.15, -0.1) is 0 Å². The highest BCUT2D eigenvalue weighted by Gasteiger charge is 2.12. The number of nitrogens with zero attached hydrogens (tertiary/aromatic N) is 2. The summed E-state index contributed by atoms with van der Waals surface area (Å²) in [7, 11) is 3.09. The van der Waals surface area contributed by atoms with E-state index in [4.69, 9.17) is 25.8 Å². The Morgan fingerprint density at radius 2 is 1.11 bits per heavy atom. The fourth-order valence-electron chi connectivity index (χ4n) is 4.66. The summed E-state index contributed by atoms with van der Waals surface area (Å²) in [5, 5.41) is 14.7. The summed E-state index contributed by atoms with van der Waals surface area (Å²) in [4.78, 5) is 59.4.